The first-order chi connectivity index (χ1) is 11.6. The number of methoxy groups -OCH3 is 1. The van der Waals surface area contributed by atoms with E-state index in [1.54, 1.807) is 7.11 Å². The van der Waals surface area contributed by atoms with Crippen LogP contribution < -0.4 is 9.64 Å². The molecule has 5 nitrogen and oxygen atoms in total. The third-order valence-corrected chi connectivity index (χ3v) is 4.48. The number of anilines is 1. The van der Waals surface area contributed by atoms with Gasteiger partial charge in [0.1, 0.15) is 5.75 Å². The summed E-state index contributed by atoms with van der Waals surface area (Å²) < 4.78 is 5.18. The van der Waals surface area contributed by atoms with E-state index in [1.807, 2.05) is 61.2 Å². The van der Waals surface area contributed by atoms with Crippen molar-refractivity contribution >= 4 is 11.6 Å². The second-order valence-electron chi connectivity index (χ2n) is 6.10. The lowest BCUT2D eigenvalue weighted by atomic mass is 10.1. The molecule has 1 aliphatic heterocycles. The molecule has 0 radical (unpaired) electrons. The Bertz CT molecular complexity index is 715. The van der Waals surface area contributed by atoms with E-state index in [9.17, 15) is 4.79 Å². The van der Waals surface area contributed by atoms with E-state index in [0.717, 1.165) is 29.4 Å². The Morgan fingerprint density at radius 3 is 2.58 bits per heavy atom. The van der Waals surface area contributed by atoms with Crippen LogP contribution in [0.4, 0.5) is 5.69 Å². The maximum absolute atomic E-state index is 12.8. The van der Waals surface area contributed by atoms with Gasteiger partial charge in [-0.3, -0.25) is 14.7 Å². The third-order valence-electron chi connectivity index (χ3n) is 4.48. The number of benzene rings is 1. The van der Waals surface area contributed by atoms with Crippen molar-refractivity contribution in [2.75, 3.05) is 25.1 Å². The summed E-state index contributed by atoms with van der Waals surface area (Å²) in [6.45, 7) is 6.16. The molecule has 2 heterocycles. The van der Waals surface area contributed by atoms with Crippen molar-refractivity contribution in [3.63, 3.8) is 0 Å². The molecule has 0 bridgehead atoms. The summed E-state index contributed by atoms with van der Waals surface area (Å²) in [5.41, 5.74) is 2.93. The van der Waals surface area contributed by atoms with Crippen LogP contribution in [0.5, 0.6) is 5.75 Å². The molecule has 1 aromatic carbocycles. The van der Waals surface area contributed by atoms with Gasteiger partial charge in [0.25, 0.3) is 0 Å². The van der Waals surface area contributed by atoms with Gasteiger partial charge in [0.15, 0.2) is 0 Å². The van der Waals surface area contributed by atoms with Crippen LogP contribution in [0.2, 0.25) is 0 Å². The van der Waals surface area contributed by atoms with Gasteiger partial charge < -0.3 is 9.64 Å². The van der Waals surface area contributed by atoms with Gasteiger partial charge in [0.05, 0.1) is 18.8 Å². The summed E-state index contributed by atoms with van der Waals surface area (Å²) in [4.78, 5) is 21.4. The molecule has 1 atom stereocenters. The summed E-state index contributed by atoms with van der Waals surface area (Å²) in [6.07, 6.45) is 0. The molecule has 1 unspecified atom stereocenters. The van der Waals surface area contributed by atoms with Crippen molar-refractivity contribution in [3.8, 4) is 5.75 Å². The van der Waals surface area contributed by atoms with Gasteiger partial charge in [-0.25, -0.2) is 0 Å². The van der Waals surface area contributed by atoms with Crippen LogP contribution in [0.3, 0.4) is 0 Å². The first-order valence-corrected chi connectivity index (χ1v) is 8.20. The van der Waals surface area contributed by atoms with E-state index in [4.69, 9.17) is 4.74 Å². The molecule has 0 N–H and O–H groups in total. The average Bonchev–Trinajstić information content (AvgIpc) is 2.59. The summed E-state index contributed by atoms with van der Waals surface area (Å²) in [5.74, 6) is 0.919. The van der Waals surface area contributed by atoms with Gasteiger partial charge in [-0.2, -0.15) is 0 Å². The molecule has 0 spiro atoms. The summed E-state index contributed by atoms with van der Waals surface area (Å²) in [7, 11) is 1.64. The Balaban J connectivity index is 1.70. The highest BCUT2D eigenvalue weighted by atomic mass is 16.5. The standard InChI is InChI=1S/C19H23N3O2/c1-14-5-4-6-16(20-14)13-21-11-12-22(19(23)15(21)2)17-7-9-18(24-3)10-8-17/h4-10,15H,11-13H2,1-3H3. The van der Waals surface area contributed by atoms with Crippen LogP contribution in [0.15, 0.2) is 42.5 Å². The zero-order valence-corrected chi connectivity index (χ0v) is 14.4. The number of ether oxygens (including phenoxy) is 1. The van der Waals surface area contributed by atoms with Gasteiger partial charge in [0, 0.05) is 31.0 Å². The van der Waals surface area contributed by atoms with Gasteiger partial charge in [-0.1, -0.05) is 6.07 Å². The van der Waals surface area contributed by atoms with E-state index >= 15 is 0 Å². The minimum Gasteiger partial charge on any atom is -0.497 e. The molecular formula is C19H23N3O2. The molecule has 5 heteroatoms. The van der Waals surface area contributed by atoms with Gasteiger partial charge >= 0.3 is 0 Å². The summed E-state index contributed by atoms with van der Waals surface area (Å²) in [6, 6.07) is 13.5. The van der Waals surface area contributed by atoms with Crippen LogP contribution in [0.1, 0.15) is 18.3 Å². The van der Waals surface area contributed by atoms with E-state index in [2.05, 4.69) is 9.88 Å². The first-order valence-electron chi connectivity index (χ1n) is 8.20. The number of piperazine rings is 1. The molecule has 126 valence electrons. The van der Waals surface area contributed by atoms with E-state index in [1.165, 1.54) is 0 Å². The number of hydrogen-bond donors (Lipinski definition) is 0. The first kappa shape index (κ1) is 16.5. The number of amides is 1. The minimum absolute atomic E-state index is 0.124. The number of hydrogen-bond acceptors (Lipinski definition) is 4. The summed E-state index contributed by atoms with van der Waals surface area (Å²) >= 11 is 0. The fourth-order valence-electron chi connectivity index (χ4n) is 3.04. The molecule has 24 heavy (non-hydrogen) atoms. The van der Waals surface area contributed by atoms with Crippen molar-refractivity contribution in [1.29, 1.82) is 0 Å². The van der Waals surface area contributed by atoms with Crippen LogP contribution in [0.25, 0.3) is 0 Å². The number of carbonyl (C=O) groups is 1. The fraction of sp³-hybridized carbons (Fsp3) is 0.368. The Kier molecular flexibility index (Phi) is 4.81. The SMILES string of the molecule is COc1ccc(N2CCN(Cc3cccc(C)n3)C(C)C2=O)cc1. The van der Waals surface area contributed by atoms with E-state index < -0.39 is 0 Å². The van der Waals surface area contributed by atoms with Crippen LogP contribution in [-0.4, -0.2) is 42.0 Å². The van der Waals surface area contributed by atoms with Crippen LogP contribution in [0, 0.1) is 6.92 Å². The Labute approximate surface area is 142 Å². The molecule has 1 aromatic heterocycles. The highest BCUT2D eigenvalue weighted by Crippen LogP contribution is 2.23. The number of nitrogens with zero attached hydrogens (tertiary/aromatic N) is 3. The number of aromatic nitrogens is 1. The smallest absolute Gasteiger partial charge is 0.244 e. The Morgan fingerprint density at radius 1 is 1.17 bits per heavy atom. The topological polar surface area (TPSA) is 45.7 Å². The maximum Gasteiger partial charge on any atom is 0.244 e. The van der Waals surface area contributed by atoms with Gasteiger partial charge in [-0.05, 0) is 50.2 Å². The maximum atomic E-state index is 12.8. The molecule has 0 aliphatic carbocycles. The highest BCUT2D eigenvalue weighted by Gasteiger charge is 2.32. The van der Waals surface area contributed by atoms with E-state index in [0.29, 0.717) is 13.1 Å². The molecule has 1 saturated heterocycles. The van der Waals surface area contributed by atoms with Gasteiger partial charge in [-0.15, -0.1) is 0 Å². The number of pyridine rings is 1. The molecule has 2 aromatic rings. The fourth-order valence-corrected chi connectivity index (χ4v) is 3.04. The zero-order valence-electron chi connectivity index (χ0n) is 14.4. The van der Waals surface area contributed by atoms with Crippen LogP contribution in [-0.2, 0) is 11.3 Å². The lowest BCUT2D eigenvalue weighted by Crippen LogP contribution is -2.55. The monoisotopic (exact) mass is 325 g/mol. The lowest BCUT2D eigenvalue weighted by molar-refractivity contribution is -0.125. The molecular weight excluding hydrogens is 302 g/mol. The zero-order chi connectivity index (χ0) is 17.1. The minimum atomic E-state index is -0.164. The van der Waals surface area contributed by atoms with Crippen LogP contribution >= 0.6 is 0 Å². The molecule has 1 amide bonds. The number of rotatable bonds is 4. The lowest BCUT2D eigenvalue weighted by Gasteiger charge is -2.39. The second-order valence-corrected chi connectivity index (χ2v) is 6.10. The van der Waals surface area contributed by atoms with Crippen molar-refractivity contribution in [3.05, 3.63) is 53.9 Å². The normalized spacial score (nSPS) is 18.7. The highest BCUT2D eigenvalue weighted by molar-refractivity contribution is 5.97. The summed E-state index contributed by atoms with van der Waals surface area (Å²) in [5, 5.41) is 0. The molecule has 3 rings (SSSR count). The largest absolute Gasteiger partial charge is 0.497 e. The predicted octanol–water partition coefficient (Wildman–Crippen LogP) is 2.64. The van der Waals surface area contributed by atoms with Crippen molar-refractivity contribution in [1.82, 2.24) is 9.88 Å². The van der Waals surface area contributed by atoms with Crippen molar-refractivity contribution < 1.29 is 9.53 Å². The molecule has 1 aliphatic rings. The number of aryl methyl sites for hydroxylation is 1. The van der Waals surface area contributed by atoms with Gasteiger partial charge in [0.2, 0.25) is 5.91 Å². The quantitative estimate of drug-likeness (QED) is 0.867. The number of carbonyl (C=O) groups excluding carboxylic acids is 1. The molecule has 0 saturated carbocycles. The predicted molar refractivity (Wildman–Crippen MR) is 94.2 cm³/mol. The molecule has 1 fully saturated rings. The average molecular weight is 325 g/mol. The Hall–Kier alpha value is -2.40. The second kappa shape index (κ2) is 7.01. The Morgan fingerprint density at radius 2 is 1.92 bits per heavy atom. The van der Waals surface area contributed by atoms with E-state index in [-0.39, 0.29) is 11.9 Å². The third kappa shape index (κ3) is 3.41. The van der Waals surface area contributed by atoms with Crippen molar-refractivity contribution in [2.24, 2.45) is 0 Å². The van der Waals surface area contributed by atoms with Crippen molar-refractivity contribution in [2.45, 2.75) is 26.4 Å².